The van der Waals surface area contributed by atoms with E-state index in [1.807, 2.05) is 24.3 Å². The van der Waals surface area contributed by atoms with Gasteiger partial charge in [0.05, 0.1) is 12.7 Å². The molecule has 1 aromatic carbocycles. The minimum absolute atomic E-state index is 0.251. The van der Waals surface area contributed by atoms with E-state index in [1.54, 1.807) is 0 Å². The summed E-state index contributed by atoms with van der Waals surface area (Å²) in [6.07, 6.45) is 3.24. The molecule has 0 heterocycles. The minimum Gasteiger partial charge on any atom is -0.491 e. The highest BCUT2D eigenvalue weighted by atomic mass is 16.5. The van der Waals surface area contributed by atoms with Crippen molar-refractivity contribution in [3.8, 4) is 5.75 Å². The van der Waals surface area contributed by atoms with Crippen LogP contribution in [0.4, 0.5) is 0 Å². The molecule has 0 saturated heterocycles. The van der Waals surface area contributed by atoms with Crippen LogP contribution in [0, 0.1) is 0 Å². The topological polar surface area (TPSA) is 64.7 Å². The van der Waals surface area contributed by atoms with Crippen molar-refractivity contribution in [2.75, 3.05) is 13.2 Å². The second-order valence-electron chi connectivity index (χ2n) is 4.70. The van der Waals surface area contributed by atoms with Crippen molar-refractivity contribution < 1.29 is 14.6 Å². The fourth-order valence-corrected chi connectivity index (χ4v) is 1.79. The molecular formula is C14H21NO3. The molecule has 0 aromatic heterocycles. The quantitative estimate of drug-likeness (QED) is 0.770. The number of aliphatic hydroxyl groups is 1. The maximum Gasteiger partial charge on any atom is 0.119 e. The highest BCUT2D eigenvalue weighted by Gasteiger charge is 2.19. The Balaban J connectivity index is 1.68. The van der Waals surface area contributed by atoms with E-state index in [-0.39, 0.29) is 6.61 Å². The van der Waals surface area contributed by atoms with Crippen molar-refractivity contribution in [3.05, 3.63) is 29.8 Å². The van der Waals surface area contributed by atoms with Crippen LogP contribution >= 0.6 is 0 Å². The van der Waals surface area contributed by atoms with Gasteiger partial charge >= 0.3 is 0 Å². The molecule has 1 unspecified atom stereocenters. The number of hydrogen-bond acceptors (Lipinski definition) is 4. The number of nitrogens with two attached hydrogens (primary N) is 1. The van der Waals surface area contributed by atoms with E-state index >= 15 is 0 Å². The smallest absolute Gasteiger partial charge is 0.119 e. The van der Waals surface area contributed by atoms with Gasteiger partial charge in [-0.2, -0.15) is 0 Å². The molecule has 0 aliphatic heterocycles. The van der Waals surface area contributed by atoms with Gasteiger partial charge in [0.2, 0.25) is 0 Å². The van der Waals surface area contributed by atoms with Crippen LogP contribution in [0.5, 0.6) is 5.75 Å². The molecule has 3 N–H and O–H groups in total. The van der Waals surface area contributed by atoms with E-state index in [1.165, 1.54) is 6.42 Å². The highest BCUT2D eigenvalue weighted by molar-refractivity contribution is 5.28. The van der Waals surface area contributed by atoms with Crippen molar-refractivity contribution in [3.63, 3.8) is 0 Å². The summed E-state index contributed by atoms with van der Waals surface area (Å²) in [6.45, 7) is 1.09. The first kappa shape index (κ1) is 13.3. The lowest BCUT2D eigenvalue weighted by atomic mass is 9.96. The summed E-state index contributed by atoms with van der Waals surface area (Å²) in [4.78, 5) is 0. The third-order valence-electron chi connectivity index (χ3n) is 3.15. The number of aliphatic hydroxyl groups excluding tert-OH is 1. The van der Waals surface area contributed by atoms with Crippen LogP contribution in [-0.4, -0.2) is 30.5 Å². The van der Waals surface area contributed by atoms with Crippen molar-refractivity contribution >= 4 is 0 Å². The van der Waals surface area contributed by atoms with E-state index in [9.17, 15) is 5.11 Å². The Bertz CT molecular complexity index is 366. The second-order valence-corrected chi connectivity index (χ2v) is 4.70. The first-order valence-corrected chi connectivity index (χ1v) is 6.49. The summed E-state index contributed by atoms with van der Waals surface area (Å²) in [5.41, 5.74) is 6.57. The van der Waals surface area contributed by atoms with Gasteiger partial charge in [-0.1, -0.05) is 12.1 Å². The SMILES string of the molecule is NCc1cccc(OCC(O)COC2CCC2)c1. The van der Waals surface area contributed by atoms with Crippen molar-refractivity contribution in [1.82, 2.24) is 0 Å². The summed E-state index contributed by atoms with van der Waals surface area (Å²) < 4.78 is 11.0. The van der Waals surface area contributed by atoms with Crippen molar-refractivity contribution in [2.45, 2.75) is 38.0 Å². The zero-order chi connectivity index (χ0) is 12.8. The summed E-state index contributed by atoms with van der Waals surface area (Å²) in [6, 6.07) is 7.59. The van der Waals surface area contributed by atoms with Gasteiger partial charge in [0.1, 0.15) is 18.5 Å². The Kier molecular flexibility index (Phi) is 4.99. The maximum atomic E-state index is 9.73. The average Bonchev–Trinajstić information content (AvgIpc) is 2.35. The summed E-state index contributed by atoms with van der Waals surface area (Å²) in [7, 11) is 0. The highest BCUT2D eigenvalue weighted by Crippen LogP contribution is 2.22. The number of benzene rings is 1. The van der Waals surface area contributed by atoms with E-state index in [2.05, 4.69) is 0 Å². The summed E-state index contributed by atoms with van der Waals surface area (Å²) in [5.74, 6) is 0.737. The van der Waals surface area contributed by atoms with Gasteiger partial charge in [0, 0.05) is 6.54 Å². The monoisotopic (exact) mass is 251 g/mol. The van der Waals surface area contributed by atoms with Gasteiger partial charge in [-0.25, -0.2) is 0 Å². The van der Waals surface area contributed by atoms with E-state index in [4.69, 9.17) is 15.2 Å². The summed E-state index contributed by atoms with van der Waals surface area (Å²) in [5, 5.41) is 9.73. The van der Waals surface area contributed by atoms with Gasteiger partial charge in [0.25, 0.3) is 0 Å². The second kappa shape index (κ2) is 6.73. The van der Waals surface area contributed by atoms with Crippen LogP contribution < -0.4 is 10.5 Å². The molecule has 4 heteroatoms. The Morgan fingerprint density at radius 1 is 1.33 bits per heavy atom. The Morgan fingerprint density at radius 2 is 2.17 bits per heavy atom. The largest absolute Gasteiger partial charge is 0.491 e. The van der Waals surface area contributed by atoms with Crippen LogP contribution in [0.1, 0.15) is 24.8 Å². The fraction of sp³-hybridized carbons (Fsp3) is 0.571. The zero-order valence-corrected chi connectivity index (χ0v) is 10.5. The van der Waals surface area contributed by atoms with Crippen LogP contribution in [0.3, 0.4) is 0 Å². The van der Waals surface area contributed by atoms with Gasteiger partial charge in [-0.05, 0) is 37.0 Å². The zero-order valence-electron chi connectivity index (χ0n) is 10.5. The predicted molar refractivity (Wildman–Crippen MR) is 69.4 cm³/mol. The van der Waals surface area contributed by atoms with Crippen molar-refractivity contribution in [2.24, 2.45) is 5.73 Å². The lowest BCUT2D eigenvalue weighted by Gasteiger charge is -2.26. The Labute approximate surface area is 108 Å². The Hall–Kier alpha value is -1.10. The van der Waals surface area contributed by atoms with Gasteiger partial charge < -0.3 is 20.3 Å². The molecule has 1 saturated carbocycles. The molecular weight excluding hydrogens is 230 g/mol. The molecule has 100 valence electrons. The first-order chi connectivity index (χ1) is 8.78. The normalized spacial score (nSPS) is 17.2. The van der Waals surface area contributed by atoms with Gasteiger partial charge in [0.15, 0.2) is 0 Å². The number of ether oxygens (including phenoxy) is 2. The molecule has 1 aromatic rings. The van der Waals surface area contributed by atoms with E-state index < -0.39 is 6.10 Å². The molecule has 1 atom stereocenters. The summed E-state index contributed by atoms with van der Waals surface area (Å²) >= 11 is 0. The minimum atomic E-state index is -0.577. The predicted octanol–water partition coefficient (Wildman–Crippen LogP) is 1.45. The molecule has 18 heavy (non-hydrogen) atoms. The van der Waals surface area contributed by atoms with Crippen LogP contribution in [0.15, 0.2) is 24.3 Å². The third-order valence-corrected chi connectivity index (χ3v) is 3.15. The standard InChI is InChI=1S/C14H21NO3/c15-8-11-3-1-6-14(7-11)18-10-12(16)9-17-13-4-2-5-13/h1,3,6-7,12-13,16H,2,4-5,8-10,15H2. The Morgan fingerprint density at radius 3 is 2.83 bits per heavy atom. The molecule has 2 rings (SSSR count). The first-order valence-electron chi connectivity index (χ1n) is 6.49. The lowest BCUT2D eigenvalue weighted by molar-refractivity contribution is -0.0519. The van der Waals surface area contributed by atoms with E-state index in [0.717, 1.165) is 24.2 Å². The number of rotatable bonds is 7. The molecule has 1 aliphatic carbocycles. The van der Waals surface area contributed by atoms with Crippen LogP contribution in [0.2, 0.25) is 0 Å². The molecule has 0 radical (unpaired) electrons. The number of hydrogen-bond donors (Lipinski definition) is 2. The third kappa shape index (κ3) is 3.98. The average molecular weight is 251 g/mol. The van der Waals surface area contributed by atoms with Gasteiger partial charge in [-0.15, -0.1) is 0 Å². The molecule has 0 spiro atoms. The maximum absolute atomic E-state index is 9.73. The fourth-order valence-electron chi connectivity index (χ4n) is 1.79. The lowest BCUT2D eigenvalue weighted by Crippen LogP contribution is -2.29. The van der Waals surface area contributed by atoms with Crippen molar-refractivity contribution in [1.29, 1.82) is 0 Å². The molecule has 1 aliphatic rings. The molecule has 0 bridgehead atoms. The van der Waals surface area contributed by atoms with Crippen LogP contribution in [0.25, 0.3) is 0 Å². The van der Waals surface area contributed by atoms with E-state index in [0.29, 0.717) is 19.3 Å². The molecule has 1 fully saturated rings. The van der Waals surface area contributed by atoms with Gasteiger partial charge in [-0.3, -0.25) is 0 Å². The molecule has 4 nitrogen and oxygen atoms in total. The van der Waals surface area contributed by atoms with Crippen LogP contribution in [-0.2, 0) is 11.3 Å². The molecule has 0 amide bonds.